The molecule has 0 unspecified atom stereocenters. The topological polar surface area (TPSA) is 54.0 Å². The fourth-order valence-corrected chi connectivity index (χ4v) is 1.05. The van der Waals surface area contributed by atoms with Crippen LogP contribution in [-0.4, -0.2) is 32.1 Å². The molecular weight excluding hydrogens is 188 g/mol. The van der Waals surface area contributed by atoms with Crippen LogP contribution in [-0.2, 0) is 24.0 Å². The Kier molecular flexibility index (Phi) is 4.58. The van der Waals surface area contributed by atoms with Crippen LogP contribution in [0.2, 0.25) is 0 Å². The van der Waals surface area contributed by atoms with E-state index in [0.29, 0.717) is 13.0 Å². The van der Waals surface area contributed by atoms with Crippen LogP contribution in [0.3, 0.4) is 0 Å². The molecule has 80 valence electrons. The summed E-state index contributed by atoms with van der Waals surface area (Å²) < 4.78 is 9.60. The van der Waals surface area contributed by atoms with Crippen molar-refractivity contribution in [3.8, 4) is 0 Å². The highest BCUT2D eigenvalue weighted by Crippen LogP contribution is 2.18. The molecule has 0 aromatic carbocycles. The van der Waals surface area contributed by atoms with Crippen LogP contribution in [0.1, 0.15) is 13.3 Å². The molecule has 2 atom stereocenters. The van der Waals surface area contributed by atoms with Crippen molar-refractivity contribution >= 4 is 5.97 Å². The summed E-state index contributed by atoms with van der Waals surface area (Å²) in [6.45, 7) is 2.45. The van der Waals surface area contributed by atoms with Crippen LogP contribution in [0.15, 0.2) is 12.2 Å². The lowest BCUT2D eigenvalue weighted by Crippen LogP contribution is -2.10. The van der Waals surface area contributed by atoms with Crippen molar-refractivity contribution in [1.82, 2.24) is 0 Å². The van der Waals surface area contributed by atoms with Crippen LogP contribution < -0.4 is 0 Å². The molecule has 5 heteroatoms. The molecule has 14 heavy (non-hydrogen) atoms. The molecule has 0 spiro atoms. The van der Waals surface area contributed by atoms with Gasteiger partial charge in [0, 0.05) is 19.1 Å². The Hall–Kier alpha value is -0.910. The first-order valence-electron chi connectivity index (χ1n) is 4.46. The zero-order chi connectivity index (χ0) is 10.4. The Labute approximate surface area is 82.5 Å². The molecular formula is C9H14O5. The largest absolute Gasteiger partial charge is 0.466 e. The van der Waals surface area contributed by atoms with Gasteiger partial charge in [-0.25, -0.2) is 14.6 Å². The van der Waals surface area contributed by atoms with Gasteiger partial charge in [0.05, 0.1) is 7.11 Å². The highest BCUT2D eigenvalue weighted by molar-refractivity contribution is 5.81. The van der Waals surface area contributed by atoms with Gasteiger partial charge in [0.15, 0.2) is 6.29 Å². The van der Waals surface area contributed by atoms with Crippen molar-refractivity contribution in [3.05, 3.63) is 12.2 Å². The minimum absolute atomic E-state index is 0.245. The molecule has 5 nitrogen and oxygen atoms in total. The standard InChI is InChI=1S/C9H14O5/c1-3-12-9-6-7(13-14-9)4-5-8(10)11-2/h4-5,7,9H,3,6H2,1-2H3/b5-4-/t7-,9-/m1/s1. The summed E-state index contributed by atoms with van der Waals surface area (Å²) >= 11 is 0. The summed E-state index contributed by atoms with van der Waals surface area (Å²) in [5.41, 5.74) is 0. The van der Waals surface area contributed by atoms with Gasteiger partial charge in [0.2, 0.25) is 0 Å². The smallest absolute Gasteiger partial charge is 0.330 e. The number of carbonyl (C=O) groups excluding carboxylic acids is 1. The average Bonchev–Trinajstić information content (AvgIpc) is 2.63. The highest BCUT2D eigenvalue weighted by Gasteiger charge is 2.25. The van der Waals surface area contributed by atoms with Gasteiger partial charge in [-0.2, -0.15) is 0 Å². The highest BCUT2D eigenvalue weighted by atomic mass is 17.2. The second-order valence-corrected chi connectivity index (χ2v) is 2.73. The molecule has 0 saturated carbocycles. The maximum Gasteiger partial charge on any atom is 0.330 e. The molecule has 0 bridgehead atoms. The normalized spacial score (nSPS) is 27.0. The van der Waals surface area contributed by atoms with Gasteiger partial charge in [-0.1, -0.05) is 0 Å². The first-order chi connectivity index (χ1) is 6.76. The lowest BCUT2D eigenvalue weighted by Gasteiger charge is -2.03. The summed E-state index contributed by atoms with van der Waals surface area (Å²) in [4.78, 5) is 20.5. The number of esters is 1. The van der Waals surface area contributed by atoms with Crippen molar-refractivity contribution in [2.24, 2.45) is 0 Å². The maximum absolute atomic E-state index is 10.7. The number of ether oxygens (including phenoxy) is 2. The molecule has 0 aromatic rings. The molecule has 0 amide bonds. The van der Waals surface area contributed by atoms with Crippen LogP contribution in [0, 0.1) is 0 Å². The summed E-state index contributed by atoms with van der Waals surface area (Å²) in [6, 6.07) is 0. The number of methoxy groups -OCH3 is 1. The quantitative estimate of drug-likeness (QED) is 0.383. The third-order valence-corrected chi connectivity index (χ3v) is 1.71. The van der Waals surface area contributed by atoms with E-state index in [-0.39, 0.29) is 12.4 Å². The van der Waals surface area contributed by atoms with E-state index in [0.717, 1.165) is 0 Å². The first kappa shape index (κ1) is 11.2. The van der Waals surface area contributed by atoms with Gasteiger partial charge >= 0.3 is 5.97 Å². The van der Waals surface area contributed by atoms with Gasteiger partial charge in [-0.3, -0.25) is 0 Å². The minimum Gasteiger partial charge on any atom is -0.466 e. The fraction of sp³-hybridized carbons (Fsp3) is 0.667. The number of rotatable bonds is 4. The van der Waals surface area contributed by atoms with E-state index in [4.69, 9.17) is 14.5 Å². The molecule has 1 heterocycles. The second kappa shape index (κ2) is 5.74. The van der Waals surface area contributed by atoms with Crippen LogP contribution >= 0.6 is 0 Å². The van der Waals surface area contributed by atoms with Crippen LogP contribution in [0.25, 0.3) is 0 Å². The molecule has 1 fully saturated rings. The lowest BCUT2D eigenvalue weighted by atomic mass is 10.2. The molecule has 0 radical (unpaired) electrons. The van der Waals surface area contributed by atoms with Crippen molar-refractivity contribution in [2.75, 3.05) is 13.7 Å². The van der Waals surface area contributed by atoms with E-state index < -0.39 is 5.97 Å². The minimum atomic E-state index is -0.409. The zero-order valence-corrected chi connectivity index (χ0v) is 8.26. The Morgan fingerprint density at radius 1 is 1.57 bits per heavy atom. The van der Waals surface area contributed by atoms with E-state index in [1.54, 1.807) is 6.08 Å². The predicted octanol–water partition coefficient (Wildman–Crippen LogP) is 0.799. The SMILES string of the molecule is CCO[C@H]1C[C@@H](/C=C\C(=O)OC)OO1. The second-order valence-electron chi connectivity index (χ2n) is 2.73. The molecule has 1 aliphatic heterocycles. The van der Waals surface area contributed by atoms with Gasteiger partial charge in [-0.15, -0.1) is 0 Å². The monoisotopic (exact) mass is 202 g/mol. The molecule has 0 aromatic heterocycles. The van der Waals surface area contributed by atoms with E-state index >= 15 is 0 Å². The summed E-state index contributed by atoms with van der Waals surface area (Å²) in [5.74, 6) is -0.409. The van der Waals surface area contributed by atoms with Crippen molar-refractivity contribution < 1.29 is 24.0 Å². The lowest BCUT2D eigenvalue weighted by molar-refractivity contribution is -0.336. The summed E-state index contributed by atoms with van der Waals surface area (Å²) in [5, 5.41) is 0. The van der Waals surface area contributed by atoms with Crippen molar-refractivity contribution in [1.29, 1.82) is 0 Å². The number of hydrogen-bond donors (Lipinski definition) is 0. The first-order valence-corrected chi connectivity index (χ1v) is 4.46. The van der Waals surface area contributed by atoms with E-state index in [1.807, 2.05) is 6.92 Å². The molecule has 1 saturated heterocycles. The fourth-order valence-electron chi connectivity index (χ4n) is 1.05. The summed E-state index contributed by atoms with van der Waals surface area (Å²) in [7, 11) is 1.32. The molecule has 1 aliphatic rings. The third-order valence-electron chi connectivity index (χ3n) is 1.71. The van der Waals surface area contributed by atoms with Crippen LogP contribution in [0.5, 0.6) is 0 Å². The maximum atomic E-state index is 10.7. The van der Waals surface area contributed by atoms with Crippen molar-refractivity contribution in [3.63, 3.8) is 0 Å². The van der Waals surface area contributed by atoms with E-state index in [1.165, 1.54) is 13.2 Å². The van der Waals surface area contributed by atoms with E-state index in [9.17, 15) is 4.79 Å². The zero-order valence-electron chi connectivity index (χ0n) is 8.26. The Morgan fingerprint density at radius 3 is 3.00 bits per heavy atom. The third kappa shape index (κ3) is 3.45. The number of hydrogen-bond acceptors (Lipinski definition) is 5. The Balaban J connectivity index is 2.28. The Bertz CT molecular complexity index is 213. The Morgan fingerprint density at radius 2 is 2.36 bits per heavy atom. The van der Waals surface area contributed by atoms with Crippen molar-refractivity contribution in [2.45, 2.75) is 25.7 Å². The average molecular weight is 202 g/mol. The molecule has 0 N–H and O–H groups in total. The van der Waals surface area contributed by atoms with Crippen LogP contribution in [0.4, 0.5) is 0 Å². The molecule has 1 rings (SSSR count). The van der Waals surface area contributed by atoms with E-state index in [2.05, 4.69) is 4.74 Å². The van der Waals surface area contributed by atoms with Gasteiger partial charge in [0.1, 0.15) is 6.10 Å². The molecule has 0 aliphatic carbocycles. The number of carbonyl (C=O) groups is 1. The summed E-state index contributed by atoms with van der Waals surface area (Å²) in [6.07, 6.45) is 2.90. The van der Waals surface area contributed by atoms with Gasteiger partial charge in [-0.05, 0) is 13.0 Å². The predicted molar refractivity (Wildman–Crippen MR) is 47.1 cm³/mol. The van der Waals surface area contributed by atoms with Gasteiger partial charge in [0.25, 0.3) is 0 Å². The van der Waals surface area contributed by atoms with Gasteiger partial charge < -0.3 is 9.47 Å².